The Morgan fingerprint density at radius 3 is 1.34 bits per heavy atom. The van der Waals surface area contributed by atoms with Crippen molar-refractivity contribution in [2.45, 2.75) is 12.4 Å². The van der Waals surface area contributed by atoms with Crippen LogP contribution in [0.25, 0.3) is 45.0 Å². The van der Waals surface area contributed by atoms with Crippen LogP contribution in [-0.4, -0.2) is 26.5 Å². The largest absolute Gasteiger partial charge is 0.416 e. The van der Waals surface area contributed by atoms with Crippen molar-refractivity contribution in [1.29, 1.82) is 0 Å². The van der Waals surface area contributed by atoms with Crippen molar-refractivity contribution in [1.82, 2.24) is 25.4 Å². The summed E-state index contributed by atoms with van der Waals surface area (Å²) in [5, 5.41) is 1.71. The summed E-state index contributed by atoms with van der Waals surface area (Å²) >= 11 is 0. The number of hydrazine groups is 1. The molecule has 1 N–H and O–H groups in total. The number of anilines is 1. The minimum absolute atomic E-state index is 0.312. The first kappa shape index (κ1) is 53.5. The summed E-state index contributed by atoms with van der Waals surface area (Å²) < 4.78 is 151. The maximum Gasteiger partial charge on any atom is 0.416 e. The third-order valence-corrected chi connectivity index (χ3v) is 9.93. The Hall–Kier alpha value is -8.80. The summed E-state index contributed by atoms with van der Waals surface area (Å²) in [6, 6.07) is 42.0. The Kier molecular flexibility index (Phi) is 18.6. The maximum atomic E-state index is 13.3. The first-order valence-electron chi connectivity index (χ1n) is 21.5. The Morgan fingerprint density at radius 1 is 0.384 bits per heavy atom. The molecule has 9 aromatic rings. The van der Waals surface area contributed by atoms with Gasteiger partial charge in [0.05, 0.1) is 46.1 Å². The van der Waals surface area contributed by atoms with Crippen molar-refractivity contribution < 1.29 is 52.7 Å². The van der Waals surface area contributed by atoms with Crippen LogP contribution in [0.2, 0.25) is 0 Å². The lowest BCUT2D eigenvalue weighted by Crippen LogP contribution is -2.29. The molecule has 1 aliphatic rings. The molecule has 5 heterocycles. The van der Waals surface area contributed by atoms with Gasteiger partial charge in [-0.1, -0.05) is 48.5 Å². The first-order chi connectivity index (χ1) is 35.0. The lowest BCUT2D eigenvalue weighted by atomic mass is 10.1. The van der Waals surface area contributed by atoms with Gasteiger partial charge in [0, 0.05) is 65.4 Å². The number of rotatable bonds is 5. The minimum atomic E-state index is -4.31. The highest BCUT2D eigenvalue weighted by Gasteiger charge is 2.31. The zero-order valence-electron chi connectivity index (χ0n) is 37.7. The lowest BCUT2D eigenvalue weighted by Gasteiger charge is -2.18. The molecular formula is C55H38F12N6. The Labute approximate surface area is 410 Å². The van der Waals surface area contributed by atoms with Gasteiger partial charge in [-0.3, -0.25) is 24.9 Å². The van der Waals surface area contributed by atoms with Gasteiger partial charge < -0.3 is 5.43 Å². The van der Waals surface area contributed by atoms with Crippen molar-refractivity contribution >= 4 is 5.69 Å². The average Bonchev–Trinajstić information content (AvgIpc) is 3.95. The summed E-state index contributed by atoms with van der Waals surface area (Å²) in [5.74, 6) is -4.52. The second kappa shape index (κ2) is 25.4. The number of aromatic nitrogens is 4. The predicted molar refractivity (Wildman–Crippen MR) is 255 cm³/mol. The Balaban J connectivity index is 0.000000149. The van der Waals surface area contributed by atoms with E-state index >= 15 is 0 Å². The van der Waals surface area contributed by atoms with Crippen LogP contribution in [0.1, 0.15) is 11.1 Å². The molecule has 0 fully saturated rings. The van der Waals surface area contributed by atoms with Gasteiger partial charge in [-0.05, 0) is 121 Å². The molecule has 0 saturated heterocycles. The Morgan fingerprint density at radius 2 is 0.877 bits per heavy atom. The molecule has 6 nitrogen and oxygen atoms in total. The van der Waals surface area contributed by atoms with Crippen molar-refractivity contribution in [2.75, 3.05) is 11.6 Å². The molecule has 1 aliphatic heterocycles. The molecule has 0 atom stereocenters. The van der Waals surface area contributed by atoms with E-state index in [0.29, 0.717) is 57.3 Å². The molecule has 10 rings (SSSR count). The average molecular weight is 1010 g/mol. The molecule has 0 unspecified atom stereocenters. The molecule has 0 spiro atoms. The molecule has 0 saturated carbocycles. The molecule has 0 radical (unpaired) electrons. The van der Waals surface area contributed by atoms with Crippen LogP contribution < -0.4 is 10.4 Å². The number of alkyl halides is 6. The molecule has 73 heavy (non-hydrogen) atoms. The van der Waals surface area contributed by atoms with Gasteiger partial charge >= 0.3 is 12.4 Å². The van der Waals surface area contributed by atoms with Gasteiger partial charge in [0.2, 0.25) is 0 Å². The van der Waals surface area contributed by atoms with Gasteiger partial charge in [-0.25, -0.2) is 26.3 Å². The predicted octanol–water partition coefficient (Wildman–Crippen LogP) is 15.4. The highest BCUT2D eigenvalue weighted by Crippen LogP contribution is 2.32. The van der Waals surface area contributed by atoms with E-state index in [-0.39, 0.29) is 0 Å². The van der Waals surface area contributed by atoms with Crippen LogP contribution in [-0.2, 0) is 12.4 Å². The van der Waals surface area contributed by atoms with E-state index in [1.54, 1.807) is 115 Å². The molecule has 4 aromatic heterocycles. The highest BCUT2D eigenvalue weighted by atomic mass is 19.4. The van der Waals surface area contributed by atoms with Crippen molar-refractivity contribution in [3.63, 3.8) is 0 Å². The lowest BCUT2D eigenvalue weighted by molar-refractivity contribution is -0.138. The Bertz CT molecular complexity index is 3150. The molecule has 0 amide bonds. The summed E-state index contributed by atoms with van der Waals surface area (Å²) in [6.45, 7) is 0.658. The van der Waals surface area contributed by atoms with E-state index in [0.717, 1.165) is 54.6 Å². The van der Waals surface area contributed by atoms with Crippen molar-refractivity contribution in [3.8, 4) is 45.0 Å². The second-order valence-corrected chi connectivity index (χ2v) is 15.0. The molecular weight excluding hydrogens is 973 g/mol. The number of benzene rings is 5. The number of halogens is 12. The molecule has 0 bridgehead atoms. The number of nitrogens with zero attached hydrogens (tertiary/aromatic N) is 5. The van der Waals surface area contributed by atoms with Crippen LogP contribution in [0.4, 0.5) is 58.4 Å². The summed E-state index contributed by atoms with van der Waals surface area (Å²) in [7, 11) is 0. The fourth-order valence-corrected chi connectivity index (χ4v) is 6.35. The number of nitrogens with one attached hydrogen (secondary N) is 1. The van der Waals surface area contributed by atoms with Gasteiger partial charge in [0.15, 0.2) is 23.3 Å². The van der Waals surface area contributed by atoms with E-state index in [4.69, 9.17) is 0 Å². The minimum Gasteiger partial charge on any atom is -0.306 e. The van der Waals surface area contributed by atoms with E-state index in [9.17, 15) is 52.7 Å². The summed E-state index contributed by atoms with van der Waals surface area (Å²) in [5.41, 5.74) is 6.56. The summed E-state index contributed by atoms with van der Waals surface area (Å²) in [4.78, 5) is 16.1. The number of hydrogen-bond acceptors (Lipinski definition) is 6. The van der Waals surface area contributed by atoms with Crippen LogP contribution >= 0.6 is 0 Å². The van der Waals surface area contributed by atoms with Gasteiger partial charge in [0.1, 0.15) is 11.6 Å². The number of pyridine rings is 4. The van der Waals surface area contributed by atoms with Gasteiger partial charge in [-0.15, -0.1) is 0 Å². The third kappa shape index (κ3) is 16.1. The van der Waals surface area contributed by atoms with E-state index < -0.39 is 58.4 Å². The zero-order valence-corrected chi connectivity index (χ0v) is 37.7. The summed E-state index contributed by atoms with van der Waals surface area (Å²) in [6.07, 6.45) is 1.37. The molecule has 18 heteroatoms. The van der Waals surface area contributed by atoms with Crippen molar-refractivity contribution in [3.05, 3.63) is 259 Å². The SMILES string of the molecule is FC(F)(F)c1ccc(-c2ccccn2)cc1.FC(F)(F)c1cccc(-c2ccccn2)c1.Fc1ccc(-c2ccccn2)c(F)c1.Fc1ccc(-c2ccccn2)cc1F.Fc1ccc(N2CC=CN2)cc1F. The maximum absolute atomic E-state index is 13.3. The monoisotopic (exact) mass is 1010 g/mol. The fourth-order valence-electron chi connectivity index (χ4n) is 6.35. The third-order valence-electron chi connectivity index (χ3n) is 9.93. The fraction of sp³-hybridized carbons (Fsp3) is 0.0545. The standard InChI is InChI=1S/2C12H8F3N.2C11H7F2N.C9H8F2N2/c13-12(14,15)10-5-3-4-9(8-10)11-6-1-2-7-16-11;13-12(14,15)10-6-4-9(5-7-10)11-3-1-2-8-16-11;12-8-4-5-9(10(13)7-8)11-3-1-2-6-14-11;12-9-5-4-8(7-10(9)13)11-3-1-2-6-14-11;10-8-3-2-7(6-9(8)11)13-5-1-4-12-13/h2*1-8H;2*1-7H;1-4,6,12H,5H2. The van der Waals surface area contributed by atoms with Crippen LogP contribution in [0.15, 0.2) is 213 Å². The highest BCUT2D eigenvalue weighted by molar-refractivity contribution is 5.62. The first-order valence-corrected chi connectivity index (χ1v) is 21.5. The van der Waals surface area contributed by atoms with Crippen LogP contribution in [0.3, 0.4) is 0 Å². The molecule has 0 aliphatic carbocycles. The quantitative estimate of drug-likeness (QED) is 0.173. The smallest absolute Gasteiger partial charge is 0.306 e. The van der Waals surface area contributed by atoms with E-state index in [2.05, 4.69) is 25.4 Å². The van der Waals surface area contributed by atoms with Crippen LogP contribution in [0, 0.1) is 34.9 Å². The molecule has 5 aromatic carbocycles. The van der Waals surface area contributed by atoms with E-state index in [1.165, 1.54) is 42.5 Å². The second-order valence-electron chi connectivity index (χ2n) is 15.0. The van der Waals surface area contributed by atoms with Crippen molar-refractivity contribution in [2.24, 2.45) is 0 Å². The van der Waals surface area contributed by atoms with Gasteiger partial charge in [0.25, 0.3) is 0 Å². The zero-order chi connectivity index (χ0) is 52.4. The number of hydrogen-bond donors (Lipinski definition) is 1. The van der Waals surface area contributed by atoms with Crippen LogP contribution in [0.5, 0.6) is 0 Å². The topological polar surface area (TPSA) is 66.8 Å². The normalized spacial score (nSPS) is 11.5. The molecule has 372 valence electrons. The van der Waals surface area contributed by atoms with Gasteiger partial charge in [-0.2, -0.15) is 26.3 Å². The van der Waals surface area contributed by atoms with E-state index in [1.807, 2.05) is 6.08 Å².